The molecule has 0 aliphatic rings. The third-order valence-corrected chi connectivity index (χ3v) is 8.86. The number of esters is 2. The highest BCUT2D eigenvalue weighted by Crippen LogP contribution is 2.45. The lowest BCUT2D eigenvalue weighted by Gasteiger charge is -2.25. The molecule has 0 aromatic heterocycles. The summed E-state index contributed by atoms with van der Waals surface area (Å²) in [6.45, 7) is 19.4. The van der Waals surface area contributed by atoms with E-state index in [1.54, 1.807) is 13.8 Å². The van der Waals surface area contributed by atoms with Crippen molar-refractivity contribution in [2.24, 2.45) is 0 Å². The van der Waals surface area contributed by atoms with Gasteiger partial charge in [0.1, 0.15) is 23.0 Å². The van der Waals surface area contributed by atoms with Crippen LogP contribution in [0.25, 0.3) is 11.1 Å². The highest BCUT2D eigenvalue weighted by atomic mass is 16.7. The van der Waals surface area contributed by atoms with Gasteiger partial charge in [-0.2, -0.15) is 0 Å². The number of rotatable bonds is 9. The molecule has 4 rings (SSSR count). The van der Waals surface area contributed by atoms with Crippen LogP contribution in [0.3, 0.4) is 0 Å². The van der Waals surface area contributed by atoms with Crippen LogP contribution in [0.1, 0.15) is 79.1 Å². The largest absolute Gasteiger partial charge is 0.513 e. The summed E-state index contributed by atoms with van der Waals surface area (Å²) in [6, 6.07) is 12.1. The van der Waals surface area contributed by atoms with Gasteiger partial charge < -0.3 is 28.4 Å². The quantitative estimate of drug-likeness (QED) is 0.0958. The summed E-state index contributed by atoms with van der Waals surface area (Å²) in [4.78, 5) is 49.7. The highest BCUT2D eigenvalue weighted by molar-refractivity contribution is 5.93. The minimum Gasteiger partial charge on any atom is -0.434 e. The Kier molecular flexibility index (Phi) is 11.7. The van der Waals surface area contributed by atoms with E-state index in [9.17, 15) is 19.2 Å². The van der Waals surface area contributed by atoms with E-state index in [2.05, 4.69) is 0 Å². The summed E-state index contributed by atoms with van der Waals surface area (Å²) < 4.78 is 31.7. The summed E-state index contributed by atoms with van der Waals surface area (Å²) in [7, 11) is 0. The molecule has 10 heteroatoms. The maximum atomic E-state index is 13.2. The maximum absolute atomic E-state index is 13.2. The van der Waals surface area contributed by atoms with Crippen LogP contribution in [-0.4, -0.2) is 37.5 Å². The lowest BCUT2D eigenvalue weighted by atomic mass is 9.82. The molecule has 0 amide bonds. The van der Waals surface area contributed by atoms with E-state index in [4.69, 9.17) is 28.4 Å². The first-order valence-corrected chi connectivity index (χ1v) is 16.2. The third-order valence-electron chi connectivity index (χ3n) is 8.86. The second-order valence-electron chi connectivity index (χ2n) is 11.8. The van der Waals surface area contributed by atoms with Crippen molar-refractivity contribution in [3.05, 3.63) is 104 Å². The molecule has 0 atom stereocenters. The van der Waals surface area contributed by atoms with Crippen LogP contribution in [-0.2, 0) is 9.47 Å². The lowest BCUT2D eigenvalue weighted by Crippen LogP contribution is -2.14. The van der Waals surface area contributed by atoms with Crippen molar-refractivity contribution in [3.63, 3.8) is 0 Å². The smallest absolute Gasteiger partial charge is 0.434 e. The SMILES string of the molecule is CCOC(=O)Oc1ccc(C(=O)Oc2c(C)c(C)c(-c3c(C)c(C)c(OC(=O)c4ccc(OC(=O)OCC)cc4)c(C)c3C)c(C)c2C)cc1. The Hall–Kier alpha value is -5.64. The van der Waals surface area contributed by atoms with Crippen LogP contribution < -0.4 is 18.9 Å². The Morgan fingerprint density at radius 2 is 0.700 bits per heavy atom. The number of hydrogen-bond acceptors (Lipinski definition) is 10. The van der Waals surface area contributed by atoms with Crippen LogP contribution in [0.5, 0.6) is 23.0 Å². The predicted octanol–water partition coefficient (Wildman–Crippen LogP) is 9.33. The summed E-state index contributed by atoms with van der Waals surface area (Å²) in [5.74, 6) is 0.366. The predicted molar refractivity (Wildman–Crippen MR) is 188 cm³/mol. The van der Waals surface area contributed by atoms with E-state index < -0.39 is 24.2 Å². The van der Waals surface area contributed by atoms with Crippen molar-refractivity contribution in [1.82, 2.24) is 0 Å². The number of benzene rings is 4. The number of ether oxygens (including phenoxy) is 6. The summed E-state index contributed by atoms with van der Waals surface area (Å²) in [5.41, 5.74) is 9.72. The Labute approximate surface area is 292 Å². The van der Waals surface area contributed by atoms with Gasteiger partial charge in [-0.3, -0.25) is 0 Å². The zero-order chi connectivity index (χ0) is 36.9. The van der Waals surface area contributed by atoms with E-state index in [0.29, 0.717) is 22.6 Å². The molecular formula is C40H42O10. The third kappa shape index (κ3) is 7.80. The van der Waals surface area contributed by atoms with Gasteiger partial charge in [-0.05, 0) is 173 Å². The molecule has 50 heavy (non-hydrogen) atoms. The fourth-order valence-electron chi connectivity index (χ4n) is 5.72. The molecule has 0 unspecified atom stereocenters. The van der Waals surface area contributed by atoms with Crippen LogP contribution in [0.4, 0.5) is 9.59 Å². The molecule has 262 valence electrons. The average molecular weight is 683 g/mol. The van der Waals surface area contributed by atoms with Gasteiger partial charge in [-0.15, -0.1) is 0 Å². The topological polar surface area (TPSA) is 124 Å². The van der Waals surface area contributed by atoms with E-state index in [1.807, 2.05) is 55.4 Å². The van der Waals surface area contributed by atoms with Crippen molar-refractivity contribution in [3.8, 4) is 34.1 Å². The van der Waals surface area contributed by atoms with Crippen LogP contribution in [0.15, 0.2) is 48.5 Å². The normalized spacial score (nSPS) is 10.7. The Morgan fingerprint density at radius 3 is 0.960 bits per heavy atom. The van der Waals surface area contributed by atoms with Gasteiger partial charge in [0.25, 0.3) is 0 Å². The number of hydrogen-bond donors (Lipinski definition) is 0. The standard InChI is InChI=1S/C40H42O10/c1-11-45-39(43)47-31-17-13-29(14-18-31)37(41)49-35-25(7)21(3)33(22(4)26(35)8)34-23(5)27(9)36(28(10)24(34)6)50-38(42)30-15-19-32(20-16-30)48-40(44)46-12-2/h13-20H,11-12H2,1-10H3. The van der Waals surface area contributed by atoms with Crippen LogP contribution >= 0.6 is 0 Å². The van der Waals surface area contributed by atoms with Crippen LogP contribution in [0, 0.1) is 55.4 Å². The molecule has 4 aromatic carbocycles. The molecule has 0 heterocycles. The Bertz CT molecular complexity index is 1750. The number of carbonyl (C=O) groups excluding carboxylic acids is 4. The zero-order valence-electron chi connectivity index (χ0n) is 30.1. The number of carbonyl (C=O) groups is 4. The van der Waals surface area contributed by atoms with Gasteiger partial charge in [0.15, 0.2) is 0 Å². The van der Waals surface area contributed by atoms with Gasteiger partial charge in [-0.1, -0.05) is 0 Å². The molecule has 0 saturated heterocycles. The van der Waals surface area contributed by atoms with Gasteiger partial charge in [0, 0.05) is 0 Å². The average Bonchev–Trinajstić information content (AvgIpc) is 3.09. The molecule has 10 nitrogen and oxygen atoms in total. The van der Waals surface area contributed by atoms with Crippen molar-refractivity contribution >= 4 is 24.2 Å². The first-order valence-electron chi connectivity index (χ1n) is 16.2. The Morgan fingerprint density at radius 1 is 0.420 bits per heavy atom. The first-order chi connectivity index (χ1) is 23.7. The molecule has 0 N–H and O–H groups in total. The highest BCUT2D eigenvalue weighted by Gasteiger charge is 2.26. The van der Waals surface area contributed by atoms with E-state index >= 15 is 0 Å². The van der Waals surface area contributed by atoms with Gasteiger partial charge in [0.2, 0.25) is 0 Å². The fraction of sp³-hybridized carbons (Fsp3) is 0.300. The molecule has 4 aromatic rings. The van der Waals surface area contributed by atoms with E-state index in [0.717, 1.165) is 55.6 Å². The minimum absolute atomic E-state index is 0.188. The van der Waals surface area contributed by atoms with Crippen molar-refractivity contribution in [2.75, 3.05) is 13.2 Å². The summed E-state index contributed by atoms with van der Waals surface area (Å²) in [5, 5.41) is 0. The molecule has 0 radical (unpaired) electrons. The van der Waals surface area contributed by atoms with Gasteiger partial charge >= 0.3 is 24.2 Å². The maximum Gasteiger partial charge on any atom is 0.513 e. The zero-order valence-corrected chi connectivity index (χ0v) is 30.1. The minimum atomic E-state index is -0.821. The second-order valence-corrected chi connectivity index (χ2v) is 11.8. The monoisotopic (exact) mass is 682 g/mol. The lowest BCUT2D eigenvalue weighted by molar-refractivity contribution is 0.0722. The van der Waals surface area contributed by atoms with Crippen LogP contribution in [0.2, 0.25) is 0 Å². The molecule has 0 fully saturated rings. The van der Waals surface area contributed by atoms with Gasteiger partial charge in [-0.25, -0.2) is 19.2 Å². The second kappa shape index (κ2) is 15.7. The first kappa shape index (κ1) is 37.2. The molecule has 0 saturated carbocycles. The molecule has 0 spiro atoms. The summed E-state index contributed by atoms with van der Waals surface area (Å²) >= 11 is 0. The molecule has 0 aliphatic carbocycles. The van der Waals surface area contributed by atoms with E-state index in [-0.39, 0.29) is 24.7 Å². The van der Waals surface area contributed by atoms with Crippen molar-refractivity contribution in [1.29, 1.82) is 0 Å². The molecule has 0 bridgehead atoms. The van der Waals surface area contributed by atoms with Crippen molar-refractivity contribution < 1.29 is 47.6 Å². The molecule has 0 aliphatic heterocycles. The van der Waals surface area contributed by atoms with E-state index in [1.165, 1.54) is 48.5 Å². The fourth-order valence-corrected chi connectivity index (χ4v) is 5.72. The van der Waals surface area contributed by atoms with Gasteiger partial charge in [0.05, 0.1) is 24.3 Å². The summed E-state index contributed by atoms with van der Waals surface area (Å²) in [6.07, 6.45) is -1.64. The van der Waals surface area contributed by atoms with Crippen molar-refractivity contribution in [2.45, 2.75) is 69.2 Å². The molecular weight excluding hydrogens is 640 g/mol. The Balaban J connectivity index is 1.62.